The van der Waals surface area contributed by atoms with E-state index < -0.39 is 0 Å². The zero-order valence-corrected chi connectivity index (χ0v) is 17.5. The van der Waals surface area contributed by atoms with Gasteiger partial charge in [-0.1, -0.05) is 74.4 Å². The molecule has 0 saturated carbocycles. The van der Waals surface area contributed by atoms with Gasteiger partial charge in [-0.25, -0.2) is 0 Å². The molecule has 0 aliphatic rings. The Bertz CT molecular complexity index is 704. The van der Waals surface area contributed by atoms with E-state index in [1.165, 1.54) is 21.6 Å². The first-order valence-corrected chi connectivity index (χ1v) is 10.5. The maximum Gasteiger partial charge on any atom is 0.126 e. The number of ether oxygens (including phenoxy) is 1. The second kappa shape index (κ2) is 6.66. The zero-order chi connectivity index (χ0) is 17.4. The van der Waals surface area contributed by atoms with Crippen molar-refractivity contribution in [1.82, 2.24) is 0 Å². The van der Waals surface area contributed by atoms with Gasteiger partial charge in [0.1, 0.15) is 9.57 Å². The van der Waals surface area contributed by atoms with E-state index in [1.807, 2.05) is 0 Å². The SMILES string of the molecule is CCOc1c(C(C)(C)C)cc(-c2cc(=S)ss2)cc1C(C)(C)C. The van der Waals surface area contributed by atoms with E-state index in [1.54, 1.807) is 20.7 Å². The smallest absolute Gasteiger partial charge is 0.126 e. The minimum Gasteiger partial charge on any atom is -0.493 e. The summed E-state index contributed by atoms with van der Waals surface area (Å²) in [6.07, 6.45) is 0. The summed E-state index contributed by atoms with van der Waals surface area (Å²) in [7, 11) is 3.42. The summed E-state index contributed by atoms with van der Waals surface area (Å²) in [5, 5.41) is 0. The molecule has 126 valence electrons. The van der Waals surface area contributed by atoms with Crippen molar-refractivity contribution in [3.63, 3.8) is 0 Å². The van der Waals surface area contributed by atoms with Crippen LogP contribution in [0.25, 0.3) is 10.4 Å². The fourth-order valence-electron chi connectivity index (χ4n) is 2.56. The van der Waals surface area contributed by atoms with Crippen LogP contribution in [0.4, 0.5) is 0 Å². The van der Waals surface area contributed by atoms with Crippen LogP contribution < -0.4 is 4.74 Å². The van der Waals surface area contributed by atoms with E-state index in [4.69, 9.17) is 17.0 Å². The number of hydrogen-bond acceptors (Lipinski definition) is 4. The van der Waals surface area contributed by atoms with Gasteiger partial charge in [0, 0.05) is 16.0 Å². The highest BCUT2D eigenvalue weighted by atomic mass is 32.9. The van der Waals surface area contributed by atoms with Crippen LogP contribution in [0, 0.1) is 3.82 Å². The average molecular weight is 367 g/mol. The molecule has 2 rings (SSSR count). The van der Waals surface area contributed by atoms with Crippen LogP contribution >= 0.6 is 32.9 Å². The lowest BCUT2D eigenvalue weighted by atomic mass is 9.78. The Morgan fingerprint density at radius 3 is 1.78 bits per heavy atom. The third-order valence-corrected chi connectivity index (χ3v) is 6.65. The summed E-state index contributed by atoms with van der Waals surface area (Å²) >= 11 is 5.32. The quantitative estimate of drug-likeness (QED) is 0.419. The van der Waals surface area contributed by atoms with E-state index in [-0.39, 0.29) is 10.8 Å². The third kappa shape index (κ3) is 4.23. The molecule has 0 N–H and O–H groups in total. The highest BCUT2D eigenvalue weighted by Crippen LogP contribution is 2.44. The second-order valence-electron chi connectivity index (χ2n) is 7.83. The number of hydrogen-bond donors (Lipinski definition) is 0. The predicted molar refractivity (Wildman–Crippen MR) is 107 cm³/mol. The van der Waals surface area contributed by atoms with Crippen LogP contribution in [0.2, 0.25) is 0 Å². The fraction of sp³-hybridized carbons (Fsp3) is 0.526. The Morgan fingerprint density at radius 1 is 0.913 bits per heavy atom. The van der Waals surface area contributed by atoms with E-state index in [0.29, 0.717) is 6.61 Å². The molecule has 0 bridgehead atoms. The van der Waals surface area contributed by atoms with E-state index in [9.17, 15) is 0 Å². The number of rotatable bonds is 3. The van der Waals surface area contributed by atoms with Crippen LogP contribution in [-0.2, 0) is 10.8 Å². The van der Waals surface area contributed by atoms with Crippen LogP contribution in [0.1, 0.15) is 59.6 Å². The van der Waals surface area contributed by atoms with Crippen molar-refractivity contribution in [2.45, 2.75) is 59.3 Å². The molecular weight excluding hydrogens is 340 g/mol. The highest BCUT2D eigenvalue weighted by molar-refractivity contribution is 7.80. The molecule has 2 aromatic rings. The molecule has 1 aromatic carbocycles. The average Bonchev–Trinajstić information content (AvgIpc) is 2.83. The molecule has 0 amide bonds. The van der Waals surface area contributed by atoms with Gasteiger partial charge in [-0.05, 0) is 41.5 Å². The molecule has 0 aliphatic heterocycles. The van der Waals surface area contributed by atoms with Crippen molar-refractivity contribution in [2.24, 2.45) is 0 Å². The van der Waals surface area contributed by atoms with Crippen molar-refractivity contribution < 1.29 is 4.74 Å². The Morgan fingerprint density at radius 2 is 1.43 bits per heavy atom. The molecule has 0 radical (unpaired) electrons. The minimum atomic E-state index is 0.0258. The summed E-state index contributed by atoms with van der Waals surface area (Å²) in [6.45, 7) is 16.2. The van der Waals surface area contributed by atoms with Gasteiger partial charge in [-0.15, -0.1) is 0 Å². The standard InChI is InChI=1S/C19H26OS3/c1-8-20-17-13(18(2,3)4)9-12(10-14(17)19(5,6)7)15-11-16(21)23-22-15/h9-11H,8H2,1-7H3. The van der Waals surface area contributed by atoms with Gasteiger partial charge in [0.25, 0.3) is 0 Å². The Hall–Kier alpha value is -0.710. The summed E-state index contributed by atoms with van der Waals surface area (Å²) in [5.41, 5.74) is 3.84. The summed E-state index contributed by atoms with van der Waals surface area (Å²) in [6, 6.07) is 6.68. The fourth-order valence-corrected chi connectivity index (χ4v) is 4.94. The summed E-state index contributed by atoms with van der Waals surface area (Å²) in [4.78, 5) is 1.25. The molecule has 1 nitrogen and oxygen atoms in total. The van der Waals surface area contributed by atoms with E-state index in [0.717, 1.165) is 9.57 Å². The van der Waals surface area contributed by atoms with Crippen molar-refractivity contribution in [3.05, 3.63) is 33.1 Å². The third-order valence-electron chi connectivity index (χ3n) is 3.74. The molecular formula is C19H26OS3. The molecule has 0 fully saturated rings. The first-order chi connectivity index (χ1) is 10.5. The largest absolute Gasteiger partial charge is 0.493 e. The van der Waals surface area contributed by atoms with Crippen molar-refractivity contribution in [3.8, 4) is 16.2 Å². The van der Waals surface area contributed by atoms with Crippen LogP contribution in [-0.4, -0.2) is 6.61 Å². The number of benzene rings is 1. The normalized spacial score (nSPS) is 12.5. The molecule has 1 aromatic heterocycles. The van der Waals surface area contributed by atoms with Gasteiger partial charge in [-0.2, -0.15) is 0 Å². The van der Waals surface area contributed by atoms with Gasteiger partial charge in [0.2, 0.25) is 0 Å². The molecule has 0 unspecified atom stereocenters. The minimum absolute atomic E-state index is 0.0258. The van der Waals surface area contributed by atoms with Gasteiger partial charge >= 0.3 is 0 Å². The maximum absolute atomic E-state index is 6.10. The lowest BCUT2D eigenvalue weighted by molar-refractivity contribution is 0.319. The molecule has 4 heteroatoms. The van der Waals surface area contributed by atoms with E-state index in [2.05, 4.69) is 66.7 Å². The van der Waals surface area contributed by atoms with Gasteiger partial charge in [0.05, 0.1) is 6.61 Å². The van der Waals surface area contributed by atoms with E-state index >= 15 is 0 Å². The van der Waals surface area contributed by atoms with Crippen LogP contribution in [0.5, 0.6) is 5.75 Å². The van der Waals surface area contributed by atoms with Crippen molar-refractivity contribution >= 4 is 32.9 Å². The van der Waals surface area contributed by atoms with Crippen molar-refractivity contribution in [2.75, 3.05) is 6.61 Å². The Labute approximate surface area is 152 Å². The molecule has 1 heterocycles. The first-order valence-electron chi connectivity index (χ1n) is 7.96. The van der Waals surface area contributed by atoms with Gasteiger partial charge in [0.15, 0.2) is 0 Å². The van der Waals surface area contributed by atoms with Crippen molar-refractivity contribution in [1.29, 1.82) is 0 Å². The van der Waals surface area contributed by atoms with Gasteiger partial charge in [-0.3, -0.25) is 0 Å². The highest BCUT2D eigenvalue weighted by Gasteiger charge is 2.28. The first kappa shape index (κ1) is 18.6. The van der Waals surface area contributed by atoms with Gasteiger partial charge < -0.3 is 4.74 Å². The topological polar surface area (TPSA) is 9.23 Å². The van der Waals surface area contributed by atoms with Crippen LogP contribution in [0.15, 0.2) is 18.2 Å². The monoisotopic (exact) mass is 366 g/mol. The van der Waals surface area contributed by atoms with Crippen LogP contribution in [0.3, 0.4) is 0 Å². The zero-order valence-electron chi connectivity index (χ0n) is 15.1. The Kier molecular flexibility index (Phi) is 5.39. The summed E-state index contributed by atoms with van der Waals surface area (Å²) in [5.74, 6) is 1.05. The lowest BCUT2D eigenvalue weighted by Crippen LogP contribution is -2.20. The Balaban J connectivity index is 2.80. The maximum atomic E-state index is 6.10. The molecule has 0 aliphatic carbocycles. The molecule has 0 saturated heterocycles. The predicted octanol–water partition coefficient (Wildman–Crippen LogP) is 7.20. The molecule has 23 heavy (non-hydrogen) atoms. The molecule has 0 spiro atoms. The summed E-state index contributed by atoms with van der Waals surface area (Å²) < 4.78 is 7.05. The molecule has 0 atom stereocenters. The lowest BCUT2D eigenvalue weighted by Gasteiger charge is -2.30. The second-order valence-corrected chi connectivity index (χ2v) is 10.7.